The van der Waals surface area contributed by atoms with Gasteiger partial charge in [-0.15, -0.1) is 11.3 Å². The molecule has 0 radical (unpaired) electrons. The molecular weight excluding hydrogens is 332 g/mol. The predicted molar refractivity (Wildman–Crippen MR) is 90.3 cm³/mol. The predicted octanol–water partition coefficient (Wildman–Crippen LogP) is 4.75. The highest BCUT2D eigenvalue weighted by Gasteiger charge is 2.19. The van der Waals surface area contributed by atoms with Crippen LogP contribution >= 0.6 is 27.3 Å². The number of nitrogens with two attached hydrogens (primary N) is 1. The molecule has 1 atom stereocenters. The van der Waals surface area contributed by atoms with Crippen LogP contribution < -0.4 is 5.73 Å². The summed E-state index contributed by atoms with van der Waals surface area (Å²) < 4.78 is 1.07. The summed E-state index contributed by atoms with van der Waals surface area (Å²) in [5, 5.41) is 3.26. The minimum atomic E-state index is -0.00790. The van der Waals surface area contributed by atoms with Gasteiger partial charge in [-0.05, 0) is 30.2 Å². The minimum absolute atomic E-state index is 0.00790. The molecule has 0 saturated heterocycles. The van der Waals surface area contributed by atoms with Gasteiger partial charge in [-0.2, -0.15) is 0 Å². The molecule has 0 amide bonds. The number of hydrogen-bond donors (Lipinski definition) is 1. The summed E-state index contributed by atoms with van der Waals surface area (Å²) in [6.07, 6.45) is 0.790. The number of nitrogens with zero attached hydrogens (tertiary/aromatic N) is 1. The van der Waals surface area contributed by atoms with Gasteiger partial charge < -0.3 is 5.73 Å². The van der Waals surface area contributed by atoms with Gasteiger partial charge in [0.05, 0.1) is 10.7 Å². The van der Waals surface area contributed by atoms with Crippen LogP contribution in [0, 0.1) is 6.92 Å². The molecule has 2 N–H and O–H groups in total. The molecule has 2 aromatic rings. The topological polar surface area (TPSA) is 38.9 Å². The van der Waals surface area contributed by atoms with Gasteiger partial charge in [0, 0.05) is 27.7 Å². The third-order valence-corrected chi connectivity index (χ3v) is 4.72. The van der Waals surface area contributed by atoms with E-state index < -0.39 is 0 Å². The van der Waals surface area contributed by atoms with Crippen LogP contribution in [-0.4, -0.2) is 4.98 Å². The summed E-state index contributed by atoms with van der Waals surface area (Å²) in [7, 11) is 0. The van der Waals surface area contributed by atoms with Gasteiger partial charge in [-0.25, -0.2) is 4.98 Å². The fourth-order valence-corrected chi connectivity index (χ4v) is 3.52. The van der Waals surface area contributed by atoms with Crippen LogP contribution in [0.25, 0.3) is 0 Å². The third-order valence-electron chi connectivity index (χ3n) is 3.36. The summed E-state index contributed by atoms with van der Waals surface area (Å²) in [5.41, 5.74) is 10.0. The van der Waals surface area contributed by atoms with Gasteiger partial charge >= 0.3 is 0 Å². The van der Waals surface area contributed by atoms with Gasteiger partial charge in [-0.1, -0.05) is 42.8 Å². The Morgan fingerprint density at radius 2 is 2.05 bits per heavy atom. The maximum Gasteiger partial charge on any atom is 0.0947 e. The normalized spacial score (nSPS) is 13.5. The molecule has 0 aliphatic carbocycles. The van der Waals surface area contributed by atoms with Crippen LogP contribution in [0.15, 0.2) is 28.1 Å². The molecule has 0 spiro atoms. The Morgan fingerprint density at radius 3 is 2.65 bits per heavy atom. The highest BCUT2D eigenvalue weighted by Crippen LogP contribution is 2.28. The van der Waals surface area contributed by atoms with Crippen LogP contribution in [0.1, 0.15) is 48.6 Å². The molecular formula is C16H21BrN2S. The van der Waals surface area contributed by atoms with Gasteiger partial charge in [-0.3, -0.25) is 0 Å². The Bertz CT molecular complexity index is 599. The van der Waals surface area contributed by atoms with Gasteiger partial charge in [0.25, 0.3) is 0 Å². The zero-order chi connectivity index (χ0) is 14.9. The van der Waals surface area contributed by atoms with Crippen molar-refractivity contribution in [3.05, 3.63) is 49.9 Å². The van der Waals surface area contributed by atoms with E-state index in [4.69, 9.17) is 10.7 Å². The third kappa shape index (κ3) is 3.68. The first-order valence-corrected chi connectivity index (χ1v) is 8.41. The highest BCUT2D eigenvalue weighted by molar-refractivity contribution is 9.10. The molecule has 0 fully saturated rings. The molecule has 1 unspecified atom stereocenters. The zero-order valence-electron chi connectivity index (χ0n) is 12.4. The fourth-order valence-electron chi connectivity index (χ4n) is 2.06. The fraction of sp³-hybridized carbons (Fsp3) is 0.438. The lowest BCUT2D eigenvalue weighted by Gasteiger charge is -2.15. The molecule has 0 saturated carbocycles. The highest BCUT2D eigenvalue weighted by atomic mass is 79.9. The average Bonchev–Trinajstić information content (AvgIpc) is 2.80. The molecule has 0 aliphatic heterocycles. The van der Waals surface area contributed by atoms with E-state index in [1.807, 2.05) is 6.07 Å². The second-order valence-corrected chi connectivity index (χ2v) is 8.05. The van der Waals surface area contributed by atoms with Crippen LogP contribution in [-0.2, 0) is 11.8 Å². The monoisotopic (exact) mass is 352 g/mol. The maximum atomic E-state index is 6.36. The second-order valence-electron chi connectivity index (χ2n) is 6.19. The lowest BCUT2D eigenvalue weighted by Crippen LogP contribution is -2.15. The molecule has 1 aromatic heterocycles. The standard InChI is InChI=1S/C16H21BrN2S/c1-10-5-6-11(17)7-12(10)13(18)8-15-19-14(9-20-15)16(2,3)4/h5-7,9,13H,8,18H2,1-4H3. The Kier molecular flexibility index (Phi) is 4.67. The van der Waals surface area contributed by atoms with Crippen molar-refractivity contribution in [2.24, 2.45) is 5.73 Å². The van der Waals surface area contributed by atoms with Gasteiger partial charge in [0.1, 0.15) is 0 Å². The zero-order valence-corrected chi connectivity index (χ0v) is 14.8. The molecule has 108 valence electrons. The van der Waals surface area contributed by atoms with Crippen molar-refractivity contribution in [2.45, 2.75) is 45.6 Å². The minimum Gasteiger partial charge on any atom is -0.324 e. The molecule has 0 bridgehead atoms. The summed E-state index contributed by atoms with van der Waals surface area (Å²) in [6, 6.07) is 6.25. The second kappa shape index (κ2) is 5.96. The molecule has 2 nitrogen and oxygen atoms in total. The quantitative estimate of drug-likeness (QED) is 0.865. The van der Waals surface area contributed by atoms with Crippen molar-refractivity contribution in [3.63, 3.8) is 0 Å². The van der Waals surface area contributed by atoms with Crippen molar-refractivity contribution in [3.8, 4) is 0 Å². The smallest absolute Gasteiger partial charge is 0.0947 e. The van der Waals surface area contributed by atoms with E-state index >= 15 is 0 Å². The van der Waals surface area contributed by atoms with Gasteiger partial charge in [0.15, 0.2) is 0 Å². The van der Waals surface area contributed by atoms with E-state index in [0.717, 1.165) is 21.6 Å². The Morgan fingerprint density at radius 1 is 1.35 bits per heavy atom. The number of halogens is 1. The molecule has 1 aromatic carbocycles. The van der Waals surface area contributed by atoms with Crippen molar-refractivity contribution in [1.82, 2.24) is 4.98 Å². The van der Waals surface area contributed by atoms with E-state index in [2.05, 4.69) is 61.1 Å². The maximum absolute atomic E-state index is 6.36. The number of hydrogen-bond acceptors (Lipinski definition) is 3. The molecule has 2 rings (SSSR count). The molecule has 1 heterocycles. The largest absolute Gasteiger partial charge is 0.324 e. The van der Waals surface area contributed by atoms with Crippen LogP contribution in [0.2, 0.25) is 0 Å². The molecule has 20 heavy (non-hydrogen) atoms. The van der Waals surface area contributed by atoms with E-state index in [0.29, 0.717) is 0 Å². The number of benzene rings is 1. The van der Waals surface area contributed by atoms with Crippen molar-refractivity contribution in [2.75, 3.05) is 0 Å². The van der Waals surface area contributed by atoms with Crippen LogP contribution in [0.3, 0.4) is 0 Å². The molecule has 4 heteroatoms. The van der Waals surface area contributed by atoms with Crippen molar-refractivity contribution in [1.29, 1.82) is 0 Å². The lowest BCUT2D eigenvalue weighted by atomic mass is 9.93. The lowest BCUT2D eigenvalue weighted by molar-refractivity contribution is 0.569. The summed E-state index contributed by atoms with van der Waals surface area (Å²) in [4.78, 5) is 4.73. The van der Waals surface area contributed by atoms with Crippen LogP contribution in [0.4, 0.5) is 0 Å². The Hall–Kier alpha value is -0.710. The number of rotatable bonds is 3. The number of thiazole rings is 1. The summed E-state index contributed by atoms with van der Waals surface area (Å²) in [5.74, 6) is 0. The molecule has 0 aliphatic rings. The first-order chi connectivity index (χ1) is 9.27. The van der Waals surface area contributed by atoms with E-state index in [1.54, 1.807) is 11.3 Å². The Balaban J connectivity index is 2.17. The van der Waals surface area contributed by atoms with Crippen molar-refractivity contribution < 1.29 is 0 Å². The van der Waals surface area contributed by atoms with Crippen molar-refractivity contribution >= 4 is 27.3 Å². The van der Waals surface area contributed by atoms with Gasteiger partial charge in [0.2, 0.25) is 0 Å². The Labute approximate surface area is 133 Å². The van der Waals surface area contributed by atoms with E-state index in [1.165, 1.54) is 11.1 Å². The van der Waals surface area contributed by atoms with E-state index in [-0.39, 0.29) is 11.5 Å². The first kappa shape index (κ1) is 15.7. The average molecular weight is 353 g/mol. The summed E-state index contributed by atoms with van der Waals surface area (Å²) >= 11 is 5.22. The number of aromatic nitrogens is 1. The van der Waals surface area contributed by atoms with E-state index in [9.17, 15) is 0 Å². The first-order valence-electron chi connectivity index (χ1n) is 6.74. The summed E-state index contributed by atoms with van der Waals surface area (Å²) in [6.45, 7) is 8.66. The SMILES string of the molecule is Cc1ccc(Br)cc1C(N)Cc1nc(C(C)(C)C)cs1. The van der Waals surface area contributed by atoms with Crippen LogP contribution in [0.5, 0.6) is 0 Å². The number of aryl methyl sites for hydroxylation is 1.